The molecule has 2 aliphatic heterocycles. The van der Waals surface area contributed by atoms with Crippen LogP contribution in [0.15, 0.2) is 93.4 Å². The van der Waals surface area contributed by atoms with Crippen molar-refractivity contribution in [2.24, 2.45) is 0 Å². The normalized spacial score (nSPS) is 15.7. The lowest BCUT2D eigenvalue weighted by Gasteiger charge is -2.38. The highest BCUT2D eigenvalue weighted by Crippen LogP contribution is 2.35. The molecular formula is C30H29N9O3S. The minimum Gasteiger partial charge on any atom is -0.397 e. The Labute approximate surface area is 252 Å². The molecular weight excluding hydrogens is 566 g/mol. The van der Waals surface area contributed by atoms with E-state index >= 15 is 0 Å². The van der Waals surface area contributed by atoms with Crippen LogP contribution in [0.25, 0.3) is 10.9 Å². The molecule has 0 spiro atoms. The zero-order valence-corrected chi connectivity index (χ0v) is 24.1. The number of aromatic nitrogens is 4. The molecule has 43 heavy (non-hydrogen) atoms. The summed E-state index contributed by atoms with van der Waals surface area (Å²) in [4.78, 5) is 30.5. The molecule has 0 radical (unpaired) electrons. The number of anilines is 4. The molecule has 4 heterocycles. The number of hydrogen-bond acceptors (Lipinski definition) is 12. The van der Waals surface area contributed by atoms with E-state index in [1.807, 2.05) is 23.1 Å². The van der Waals surface area contributed by atoms with E-state index < -0.39 is 4.92 Å². The first-order valence-electron chi connectivity index (χ1n) is 14.2. The van der Waals surface area contributed by atoms with Crippen molar-refractivity contribution >= 4 is 51.8 Å². The molecule has 5 aromatic rings. The number of para-hydroxylation sites is 3. The highest BCUT2D eigenvalue weighted by molar-refractivity contribution is 7.99. The maximum Gasteiger partial charge on any atom is 0.318 e. The van der Waals surface area contributed by atoms with Crippen LogP contribution >= 0.6 is 11.8 Å². The summed E-state index contributed by atoms with van der Waals surface area (Å²) in [5.74, 6) is 1.70. The second-order valence-electron chi connectivity index (χ2n) is 10.3. The van der Waals surface area contributed by atoms with Gasteiger partial charge in [-0.25, -0.2) is 4.98 Å². The minimum absolute atomic E-state index is 0.00805. The zero-order chi connectivity index (χ0) is 29.2. The van der Waals surface area contributed by atoms with Crippen molar-refractivity contribution < 1.29 is 9.34 Å². The Kier molecular flexibility index (Phi) is 7.37. The predicted octanol–water partition coefficient (Wildman–Crippen LogP) is 4.73. The van der Waals surface area contributed by atoms with Crippen LogP contribution in [-0.4, -0.2) is 77.4 Å². The van der Waals surface area contributed by atoms with Crippen LogP contribution in [0.2, 0.25) is 0 Å². The van der Waals surface area contributed by atoms with Gasteiger partial charge in [-0.05, 0) is 42.1 Å². The van der Waals surface area contributed by atoms with E-state index in [1.54, 1.807) is 18.2 Å². The van der Waals surface area contributed by atoms with Crippen molar-refractivity contribution in [2.75, 3.05) is 72.0 Å². The lowest BCUT2D eigenvalue weighted by atomic mass is 10.2. The molecule has 2 saturated heterocycles. The fraction of sp³-hybridized carbons (Fsp3) is 0.267. The first-order chi connectivity index (χ1) is 21.1. The van der Waals surface area contributed by atoms with Gasteiger partial charge in [0.25, 0.3) is 10.9 Å². The first kappa shape index (κ1) is 27.0. The largest absolute Gasteiger partial charge is 0.397 e. The van der Waals surface area contributed by atoms with Crippen LogP contribution in [0.1, 0.15) is 0 Å². The number of nitro groups is 1. The van der Waals surface area contributed by atoms with Crippen molar-refractivity contribution in [3.63, 3.8) is 0 Å². The number of nitrogens with zero attached hydrogens (tertiary/aromatic N) is 9. The number of hydrogen-bond donors (Lipinski definition) is 0. The van der Waals surface area contributed by atoms with Gasteiger partial charge < -0.3 is 24.0 Å². The van der Waals surface area contributed by atoms with Crippen LogP contribution in [0, 0.1) is 10.1 Å². The minimum atomic E-state index is -0.413. The van der Waals surface area contributed by atoms with Crippen LogP contribution < -0.4 is 19.6 Å². The molecule has 0 amide bonds. The molecule has 218 valence electrons. The van der Waals surface area contributed by atoms with Gasteiger partial charge in [0.05, 0.1) is 15.3 Å². The maximum atomic E-state index is 11.4. The summed E-state index contributed by atoms with van der Waals surface area (Å²) in [6.07, 6.45) is 0. The van der Waals surface area contributed by atoms with Gasteiger partial charge in [0.2, 0.25) is 5.95 Å². The van der Waals surface area contributed by atoms with Gasteiger partial charge >= 0.3 is 6.01 Å². The predicted molar refractivity (Wildman–Crippen MR) is 166 cm³/mol. The van der Waals surface area contributed by atoms with Crippen LogP contribution in [0.3, 0.4) is 0 Å². The smallest absolute Gasteiger partial charge is 0.318 e. The highest BCUT2D eigenvalue weighted by atomic mass is 32.2. The molecule has 0 aliphatic carbocycles. The molecule has 0 atom stereocenters. The molecule has 0 unspecified atom stereocenters. The van der Waals surface area contributed by atoms with Gasteiger partial charge in [0, 0.05) is 69.5 Å². The van der Waals surface area contributed by atoms with Crippen LogP contribution in [0.5, 0.6) is 0 Å². The number of piperazine rings is 2. The van der Waals surface area contributed by atoms with E-state index in [1.165, 1.54) is 11.8 Å². The van der Waals surface area contributed by atoms with Crippen molar-refractivity contribution in [1.82, 2.24) is 20.2 Å². The number of nitro benzene ring substituents is 1. The second kappa shape index (κ2) is 11.8. The third kappa shape index (κ3) is 5.63. The summed E-state index contributed by atoms with van der Waals surface area (Å²) in [5, 5.41) is 21.0. The molecule has 3 aromatic carbocycles. The zero-order valence-electron chi connectivity index (χ0n) is 23.3. The SMILES string of the molecule is O=[N+]([O-])c1ccccc1Sc1nnc(N2CCN(c3nc(N4CCN(c5ccccc5)CC4)c4ccccc4n3)CC2)o1. The molecule has 13 heteroatoms. The maximum absolute atomic E-state index is 11.4. The first-order valence-corrected chi connectivity index (χ1v) is 15.0. The molecule has 2 fully saturated rings. The van der Waals surface area contributed by atoms with E-state index in [0.717, 1.165) is 60.6 Å². The molecule has 12 nitrogen and oxygen atoms in total. The van der Waals surface area contributed by atoms with E-state index in [-0.39, 0.29) is 10.9 Å². The van der Waals surface area contributed by atoms with Crippen LogP contribution in [-0.2, 0) is 0 Å². The van der Waals surface area contributed by atoms with Crippen molar-refractivity contribution in [3.8, 4) is 0 Å². The van der Waals surface area contributed by atoms with E-state index in [0.29, 0.717) is 37.1 Å². The van der Waals surface area contributed by atoms with E-state index in [2.05, 4.69) is 61.3 Å². The average Bonchev–Trinajstić information content (AvgIpc) is 3.53. The second-order valence-corrected chi connectivity index (χ2v) is 11.3. The summed E-state index contributed by atoms with van der Waals surface area (Å²) in [7, 11) is 0. The van der Waals surface area contributed by atoms with Crippen molar-refractivity contribution in [2.45, 2.75) is 10.1 Å². The van der Waals surface area contributed by atoms with Crippen LogP contribution in [0.4, 0.5) is 29.2 Å². The molecule has 2 aliphatic rings. The summed E-state index contributed by atoms with van der Waals surface area (Å²) in [6.45, 7) is 6.30. The number of rotatable bonds is 7. The lowest BCUT2D eigenvalue weighted by Crippen LogP contribution is -2.48. The Balaban J connectivity index is 1.04. The Morgan fingerprint density at radius 2 is 1.35 bits per heavy atom. The summed E-state index contributed by atoms with van der Waals surface area (Å²) in [5.41, 5.74) is 2.19. The lowest BCUT2D eigenvalue weighted by molar-refractivity contribution is -0.387. The topological polar surface area (TPSA) is 121 Å². The Hall–Kier alpha value is -4.91. The fourth-order valence-corrected chi connectivity index (χ4v) is 6.28. The summed E-state index contributed by atoms with van der Waals surface area (Å²) < 4.78 is 5.88. The molecule has 0 bridgehead atoms. The van der Waals surface area contributed by atoms with Gasteiger partial charge in [0.15, 0.2) is 0 Å². The van der Waals surface area contributed by atoms with E-state index in [9.17, 15) is 10.1 Å². The molecule has 2 aromatic heterocycles. The monoisotopic (exact) mass is 595 g/mol. The summed E-state index contributed by atoms with van der Waals surface area (Å²) >= 11 is 1.09. The van der Waals surface area contributed by atoms with E-state index in [4.69, 9.17) is 14.4 Å². The van der Waals surface area contributed by atoms with Gasteiger partial charge in [-0.3, -0.25) is 10.1 Å². The third-order valence-corrected chi connectivity index (χ3v) is 8.66. The quantitative estimate of drug-likeness (QED) is 0.191. The van der Waals surface area contributed by atoms with Gasteiger partial charge in [0.1, 0.15) is 5.82 Å². The van der Waals surface area contributed by atoms with Gasteiger partial charge in [-0.2, -0.15) is 4.98 Å². The molecule has 0 N–H and O–H groups in total. The van der Waals surface area contributed by atoms with Crippen molar-refractivity contribution in [3.05, 3.63) is 89.0 Å². The van der Waals surface area contributed by atoms with Gasteiger partial charge in [-0.15, -0.1) is 0 Å². The standard InChI is InChI=1S/C30H29N9O3S/c40-39(41)25-12-6-7-13-26(25)43-30-34-33-29(42-30)38-20-18-37(19-21-38)28-31-24-11-5-4-10-23(24)27(32-28)36-16-14-35(15-17-36)22-8-2-1-3-9-22/h1-13H,14-21H2. The number of benzene rings is 3. The van der Waals surface area contributed by atoms with Gasteiger partial charge in [-0.1, -0.05) is 52.7 Å². The average molecular weight is 596 g/mol. The number of fused-ring (bicyclic) bond motifs is 1. The Bertz CT molecular complexity index is 1740. The molecule has 7 rings (SSSR count). The van der Waals surface area contributed by atoms with Crippen molar-refractivity contribution in [1.29, 1.82) is 0 Å². The highest BCUT2D eigenvalue weighted by Gasteiger charge is 2.26. The Morgan fingerprint density at radius 1 is 0.698 bits per heavy atom. The fourth-order valence-electron chi connectivity index (χ4n) is 5.50. The molecule has 0 saturated carbocycles. The summed E-state index contributed by atoms with van der Waals surface area (Å²) in [6, 6.07) is 25.7. The third-order valence-electron chi connectivity index (χ3n) is 7.76. The Morgan fingerprint density at radius 3 is 2.14 bits per heavy atom.